The highest BCUT2D eigenvalue weighted by Crippen LogP contribution is 2.30. The molecule has 0 fully saturated rings. The molecule has 0 aromatic heterocycles. The molecule has 0 unspecified atom stereocenters. The third kappa shape index (κ3) is 8.72. The van der Waals surface area contributed by atoms with E-state index in [2.05, 4.69) is 35.1 Å². The number of hydrogen-bond donors (Lipinski definition) is 1. The second kappa shape index (κ2) is 14.7. The van der Waals surface area contributed by atoms with Gasteiger partial charge in [0.25, 0.3) is 5.91 Å². The van der Waals surface area contributed by atoms with E-state index >= 15 is 0 Å². The maximum absolute atomic E-state index is 13.8. The lowest BCUT2D eigenvalue weighted by molar-refractivity contribution is -0.143. The first-order chi connectivity index (χ1) is 18.6. The summed E-state index contributed by atoms with van der Waals surface area (Å²) in [7, 11) is 0. The van der Waals surface area contributed by atoms with Gasteiger partial charge >= 0.3 is 0 Å². The number of amides is 2. The molecule has 208 valence electrons. The van der Waals surface area contributed by atoms with Crippen molar-refractivity contribution >= 4 is 50.9 Å². The number of benzene rings is 3. The van der Waals surface area contributed by atoms with Gasteiger partial charge in [-0.1, -0.05) is 86.4 Å². The summed E-state index contributed by atoms with van der Waals surface area (Å²) in [5, 5.41) is 3.90. The molecule has 3 rings (SSSR count). The third-order valence-corrected chi connectivity index (χ3v) is 7.96. The van der Waals surface area contributed by atoms with Crippen molar-refractivity contribution in [2.24, 2.45) is 0 Å². The number of rotatable bonds is 12. The summed E-state index contributed by atoms with van der Waals surface area (Å²) in [6.07, 6.45) is 1.08. The maximum atomic E-state index is 13.8. The highest BCUT2D eigenvalue weighted by Gasteiger charge is 2.32. The fourth-order valence-corrected chi connectivity index (χ4v) is 5.09. The average molecular weight is 634 g/mol. The van der Waals surface area contributed by atoms with Gasteiger partial charge in [0.1, 0.15) is 11.8 Å². The molecule has 0 saturated heterocycles. The summed E-state index contributed by atoms with van der Waals surface area (Å²) in [6.45, 7) is 7.96. The van der Waals surface area contributed by atoms with Gasteiger partial charge in [-0.2, -0.15) is 0 Å². The molecular weight excluding hydrogens is 599 g/mol. The highest BCUT2D eigenvalue weighted by atomic mass is 79.9. The SMILES string of the molecule is CC[C@@H](C)NC(=O)[C@H](Cc1ccccc1)N(Cc1c(Cl)cccc1Cl)C(=O)COc1ccc(C(C)C)cc1Br. The second-order valence-corrected chi connectivity index (χ2v) is 11.5. The van der Waals surface area contributed by atoms with Crippen LogP contribution in [0.3, 0.4) is 0 Å². The summed E-state index contributed by atoms with van der Waals surface area (Å²) in [5.41, 5.74) is 2.66. The van der Waals surface area contributed by atoms with Crippen LogP contribution in [0.1, 0.15) is 56.7 Å². The van der Waals surface area contributed by atoms with Crippen molar-refractivity contribution in [1.82, 2.24) is 10.2 Å². The first-order valence-electron chi connectivity index (χ1n) is 13.1. The molecule has 1 N–H and O–H groups in total. The van der Waals surface area contributed by atoms with Crippen LogP contribution in [-0.2, 0) is 22.6 Å². The summed E-state index contributed by atoms with van der Waals surface area (Å²) in [5.74, 6) is 0.306. The quantitative estimate of drug-likeness (QED) is 0.221. The lowest BCUT2D eigenvalue weighted by Crippen LogP contribution is -2.53. The van der Waals surface area contributed by atoms with Gasteiger partial charge in [0.15, 0.2) is 6.61 Å². The van der Waals surface area contributed by atoms with Gasteiger partial charge in [-0.05, 0) is 70.6 Å². The number of hydrogen-bond acceptors (Lipinski definition) is 3. The zero-order valence-corrected chi connectivity index (χ0v) is 25.8. The van der Waals surface area contributed by atoms with Crippen LogP contribution in [0.25, 0.3) is 0 Å². The zero-order chi connectivity index (χ0) is 28.5. The molecule has 0 heterocycles. The summed E-state index contributed by atoms with van der Waals surface area (Å²) in [4.78, 5) is 29.0. The smallest absolute Gasteiger partial charge is 0.261 e. The Morgan fingerprint density at radius 2 is 1.64 bits per heavy atom. The molecule has 3 aromatic rings. The number of nitrogens with zero attached hydrogens (tertiary/aromatic N) is 1. The average Bonchev–Trinajstić information content (AvgIpc) is 2.91. The lowest BCUT2D eigenvalue weighted by Gasteiger charge is -2.32. The van der Waals surface area contributed by atoms with Crippen LogP contribution in [0.4, 0.5) is 0 Å². The lowest BCUT2D eigenvalue weighted by atomic mass is 10.0. The fraction of sp³-hybridized carbons (Fsp3) is 0.355. The van der Waals surface area contributed by atoms with Crippen LogP contribution in [0, 0.1) is 0 Å². The molecule has 0 spiro atoms. The van der Waals surface area contributed by atoms with Crippen molar-refractivity contribution in [1.29, 1.82) is 0 Å². The summed E-state index contributed by atoms with van der Waals surface area (Å²) < 4.78 is 6.72. The van der Waals surface area contributed by atoms with E-state index in [-0.39, 0.29) is 31.0 Å². The minimum absolute atomic E-state index is 0.0525. The molecule has 2 amide bonds. The second-order valence-electron chi connectivity index (χ2n) is 9.88. The number of carbonyl (C=O) groups is 2. The molecule has 5 nitrogen and oxygen atoms in total. The van der Waals surface area contributed by atoms with E-state index in [0.717, 1.165) is 22.0 Å². The molecule has 0 aliphatic carbocycles. The Morgan fingerprint density at radius 1 is 0.974 bits per heavy atom. The normalized spacial score (nSPS) is 12.6. The van der Waals surface area contributed by atoms with Gasteiger partial charge in [0.2, 0.25) is 5.91 Å². The highest BCUT2D eigenvalue weighted by molar-refractivity contribution is 9.10. The molecule has 0 radical (unpaired) electrons. The molecule has 39 heavy (non-hydrogen) atoms. The van der Waals surface area contributed by atoms with E-state index in [1.165, 1.54) is 4.90 Å². The predicted molar refractivity (Wildman–Crippen MR) is 163 cm³/mol. The number of ether oxygens (including phenoxy) is 1. The largest absolute Gasteiger partial charge is 0.483 e. The van der Waals surface area contributed by atoms with Crippen molar-refractivity contribution in [3.05, 3.63) is 97.9 Å². The Kier molecular flexibility index (Phi) is 11.7. The standard InChI is InChI=1S/C31H35BrCl2N2O3/c1-5-21(4)35-31(38)28(16-22-10-7-6-8-11-22)36(18-24-26(33)12-9-13-27(24)34)30(37)19-39-29-15-14-23(20(2)3)17-25(29)32/h6-15,17,20-21,28H,5,16,18-19H2,1-4H3,(H,35,38)/t21-,28+/m1/s1. The molecule has 0 aliphatic rings. The van der Waals surface area contributed by atoms with E-state index in [0.29, 0.717) is 33.7 Å². The van der Waals surface area contributed by atoms with Crippen LogP contribution in [-0.4, -0.2) is 35.4 Å². The topological polar surface area (TPSA) is 58.6 Å². The number of halogens is 3. The molecule has 0 saturated carbocycles. The van der Waals surface area contributed by atoms with Gasteiger partial charge < -0.3 is 15.0 Å². The molecule has 8 heteroatoms. The molecular formula is C31H35BrCl2N2O3. The minimum atomic E-state index is -0.809. The molecule has 3 aromatic carbocycles. The number of nitrogens with one attached hydrogen (secondary N) is 1. The van der Waals surface area contributed by atoms with E-state index in [1.807, 2.05) is 62.4 Å². The molecule has 0 aliphatic heterocycles. The van der Waals surface area contributed by atoms with Crippen molar-refractivity contribution in [3.8, 4) is 5.75 Å². The summed E-state index contributed by atoms with van der Waals surface area (Å²) >= 11 is 16.6. The van der Waals surface area contributed by atoms with Gasteiger partial charge in [0, 0.05) is 34.6 Å². The first-order valence-corrected chi connectivity index (χ1v) is 14.6. The van der Waals surface area contributed by atoms with Crippen LogP contribution in [0.15, 0.2) is 71.2 Å². The Hall–Kier alpha value is -2.54. The summed E-state index contributed by atoms with van der Waals surface area (Å²) in [6, 6.07) is 19.8. The minimum Gasteiger partial charge on any atom is -0.483 e. The fourth-order valence-electron chi connectivity index (χ4n) is 4.06. The monoisotopic (exact) mass is 632 g/mol. The Balaban J connectivity index is 1.96. The van der Waals surface area contributed by atoms with Crippen molar-refractivity contribution < 1.29 is 14.3 Å². The van der Waals surface area contributed by atoms with Crippen molar-refractivity contribution in [2.75, 3.05) is 6.61 Å². The zero-order valence-electron chi connectivity index (χ0n) is 22.7. The Labute approximate surface area is 250 Å². The van der Waals surface area contributed by atoms with Crippen LogP contribution < -0.4 is 10.1 Å². The number of carbonyl (C=O) groups excluding carboxylic acids is 2. The predicted octanol–water partition coefficient (Wildman–Crippen LogP) is 7.81. The van der Waals surface area contributed by atoms with E-state index in [4.69, 9.17) is 27.9 Å². The van der Waals surface area contributed by atoms with E-state index in [1.54, 1.807) is 18.2 Å². The van der Waals surface area contributed by atoms with Crippen LogP contribution in [0.2, 0.25) is 10.0 Å². The van der Waals surface area contributed by atoms with Gasteiger partial charge in [-0.25, -0.2) is 0 Å². The van der Waals surface area contributed by atoms with Crippen LogP contribution >= 0.6 is 39.1 Å². The van der Waals surface area contributed by atoms with Gasteiger partial charge in [-0.15, -0.1) is 0 Å². The van der Waals surface area contributed by atoms with E-state index in [9.17, 15) is 9.59 Å². The van der Waals surface area contributed by atoms with E-state index < -0.39 is 6.04 Å². The van der Waals surface area contributed by atoms with Gasteiger partial charge in [-0.3, -0.25) is 9.59 Å². The van der Waals surface area contributed by atoms with Gasteiger partial charge in [0.05, 0.1) is 4.47 Å². The first kappa shape index (κ1) is 31.0. The van der Waals surface area contributed by atoms with Crippen molar-refractivity contribution in [2.45, 2.75) is 65.1 Å². The molecule has 2 atom stereocenters. The maximum Gasteiger partial charge on any atom is 0.261 e. The Bertz CT molecular complexity index is 1250. The Morgan fingerprint density at radius 3 is 2.23 bits per heavy atom. The molecule has 0 bridgehead atoms. The third-order valence-electron chi connectivity index (χ3n) is 6.64. The van der Waals surface area contributed by atoms with Crippen LogP contribution in [0.5, 0.6) is 5.75 Å². The van der Waals surface area contributed by atoms with Crippen molar-refractivity contribution in [3.63, 3.8) is 0 Å².